The third kappa shape index (κ3) is 4.32. The molecule has 1 saturated heterocycles. The topological polar surface area (TPSA) is 20.3 Å². The van der Waals surface area contributed by atoms with Crippen molar-refractivity contribution in [2.45, 2.75) is 45.3 Å². The molecule has 1 aromatic rings. The number of hydrogen-bond acceptors (Lipinski definition) is 2. The molecule has 0 aliphatic carbocycles. The quantitative estimate of drug-likeness (QED) is 0.728. The first-order valence-corrected chi connectivity index (χ1v) is 7.86. The van der Waals surface area contributed by atoms with Crippen LogP contribution in [0.5, 0.6) is 0 Å². The molecular weight excluding hydrogens is 329 g/mol. The fraction of sp³-hybridized carbons (Fsp3) is 0.588. The zero-order valence-electron chi connectivity index (χ0n) is 13.4. The van der Waals surface area contributed by atoms with Gasteiger partial charge in [-0.3, -0.25) is 9.69 Å². The molecule has 1 atom stereocenters. The predicted octanol–water partition coefficient (Wildman–Crippen LogP) is 4.53. The summed E-state index contributed by atoms with van der Waals surface area (Å²) >= 11 is 0. The number of carbonyl (C=O) groups is 1. The standard InChI is InChI=1S/C17H20F5NO/c1-2-16(9-15(18)19)11-23(8-7-14(16)24)10-12-3-5-13(6-4-12)17(20,21)22/h3-6,15H,2,7-11H2,1H3. The fourth-order valence-corrected chi connectivity index (χ4v) is 3.24. The number of hydrogen-bond donors (Lipinski definition) is 0. The Kier molecular flexibility index (Phi) is 5.63. The Morgan fingerprint density at radius 2 is 1.83 bits per heavy atom. The summed E-state index contributed by atoms with van der Waals surface area (Å²) in [6, 6.07) is 4.80. The summed E-state index contributed by atoms with van der Waals surface area (Å²) < 4.78 is 63.4. The van der Waals surface area contributed by atoms with Crippen LogP contribution >= 0.6 is 0 Å². The highest BCUT2D eigenvalue weighted by Crippen LogP contribution is 2.37. The van der Waals surface area contributed by atoms with Gasteiger partial charge in [0.15, 0.2) is 0 Å². The Labute approximate surface area is 137 Å². The minimum Gasteiger partial charge on any atom is -0.299 e. The molecule has 1 fully saturated rings. The summed E-state index contributed by atoms with van der Waals surface area (Å²) in [5.74, 6) is -0.144. The smallest absolute Gasteiger partial charge is 0.299 e. The van der Waals surface area contributed by atoms with Gasteiger partial charge in [0.25, 0.3) is 0 Å². The molecule has 134 valence electrons. The molecule has 0 bridgehead atoms. The molecule has 2 nitrogen and oxygen atoms in total. The highest BCUT2D eigenvalue weighted by molar-refractivity contribution is 5.86. The second kappa shape index (κ2) is 7.17. The van der Waals surface area contributed by atoms with Gasteiger partial charge in [-0.25, -0.2) is 8.78 Å². The van der Waals surface area contributed by atoms with Crippen LogP contribution in [-0.4, -0.2) is 30.2 Å². The molecule has 0 radical (unpaired) electrons. The van der Waals surface area contributed by atoms with Crippen LogP contribution in [0.15, 0.2) is 24.3 Å². The van der Waals surface area contributed by atoms with Crippen LogP contribution in [-0.2, 0) is 17.5 Å². The highest BCUT2D eigenvalue weighted by atomic mass is 19.4. The van der Waals surface area contributed by atoms with E-state index < -0.39 is 30.0 Å². The largest absolute Gasteiger partial charge is 0.416 e. The Balaban J connectivity index is 2.08. The van der Waals surface area contributed by atoms with Crippen molar-refractivity contribution in [2.75, 3.05) is 13.1 Å². The number of nitrogens with zero attached hydrogens (tertiary/aromatic N) is 1. The lowest BCUT2D eigenvalue weighted by Crippen LogP contribution is -2.49. The number of piperidine rings is 1. The van der Waals surface area contributed by atoms with Gasteiger partial charge in [-0.1, -0.05) is 19.1 Å². The van der Waals surface area contributed by atoms with Crippen LogP contribution in [0, 0.1) is 5.41 Å². The van der Waals surface area contributed by atoms with Gasteiger partial charge >= 0.3 is 6.18 Å². The second-order valence-electron chi connectivity index (χ2n) is 6.31. The molecule has 1 heterocycles. The summed E-state index contributed by atoms with van der Waals surface area (Å²) in [6.07, 6.45) is -6.88. The summed E-state index contributed by atoms with van der Waals surface area (Å²) in [6.45, 7) is 2.72. The van der Waals surface area contributed by atoms with Crippen LogP contribution in [0.2, 0.25) is 0 Å². The number of rotatable bonds is 5. The van der Waals surface area contributed by atoms with Gasteiger partial charge in [0.2, 0.25) is 6.43 Å². The van der Waals surface area contributed by atoms with Gasteiger partial charge in [0.05, 0.1) is 5.56 Å². The minimum absolute atomic E-state index is 0.144. The van der Waals surface area contributed by atoms with Crippen molar-refractivity contribution in [2.24, 2.45) is 5.41 Å². The monoisotopic (exact) mass is 349 g/mol. The van der Waals surface area contributed by atoms with Gasteiger partial charge in [-0.05, 0) is 24.1 Å². The Hall–Kier alpha value is -1.50. The first kappa shape index (κ1) is 18.8. The SMILES string of the molecule is CCC1(CC(F)F)CN(Cc2ccc(C(F)(F)F)cc2)CCC1=O. The van der Waals surface area contributed by atoms with E-state index in [1.807, 2.05) is 4.90 Å². The van der Waals surface area contributed by atoms with Crippen LogP contribution in [0.25, 0.3) is 0 Å². The molecular formula is C17H20F5NO. The molecule has 1 aliphatic rings. The number of halogens is 5. The van der Waals surface area contributed by atoms with E-state index >= 15 is 0 Å². The molecule has 0 saturated carbocycles. The first-order valence-electron chi connectivity index (χ1n) is 7.86. The number of benzene rings is 1. The third-order valence-electron chi connectivity index (χ3n) is 4.68. The maximum absolute atomic E-state index is 12.9. The number of alkyl halides is 5. The van der Waals surface area contributed by atoms with Crippen molar-refractivity contribution in [1.82, 2.24) is 4.90 Å². The van der Waals surface area contributed by atoms with E-state index in [4.69, 9.17) is 0 Å². The first-order chi connectivity index (χ1) is 11.2. The Morgan fingerprint density at radius 1 is 1.21 bits per heavy atom. The molecule has 7 heteroatoms. The number of likely N-dealkylation sites (tertiary alicyclic amines) is 1. The zero-order valence-corrected chi connectivity index (χ0v) is 13.4. The molecule has 0 N–H and O–H groups in total. The molecule has 0 spiro atoms. The van der Waals surface area contributed by atoms with E-state index in [2.05, 4.69) is 0 Å². The Morgan fingerprint density at radius 3 is 2.33 bits per heavy atom. The van der Waals surface area contributed by atoms with E-state index in [1.54, 1.807) is 6.92 Å². The van der Waals surface area contributed by atoms with E-state index in [1.165, 1.54) is 12.1 Å². The van der Waals surface area contributed by atoms with Gasteiger partial charge in [0, 0.05) is 37.9 Å². The highest BCUT2D eigenvalue weighted by Gasteiger charge is 2.43. The Bertz CT molecular complexity index is 569. The van der Waals surface area contributed by atoms with Gasteiger partial charge in [-0.15, -0.1) is 0 Å². The van der Waals surface area contributed by atoms with E-state index in [0.29, 0.717) is 25.1 Å². The van der Waals surface area contributed by atoms with Crippen molar-refractivity contribution in [3.63, 3.8) is 0 Å². The lowest BCUT2D eigenvalue weighted by molar-refractivity contribution is -0.138. The van der Waals surface area contributed by atoms with Crippen molar-refractivity contribution < 1.29 is 26.7 Å². The van der Waals surface area contributed by atoms with Crippen molar-refractivity contribution in [3.8, 4) is 0 Å². The van der Waals surface area contributed by atoms with Crippen LogP contribution in [0.4, 0.5) is 22.0 Å². The summed E-state index contributed by atoms with van der Waals surface area (Å²) in [5.41, 5.74) is -1.11. The zero-order chi connectivity index (χ0) is 18.0. The minimum atomic E-state index is -4.38. The van der Waals surface area contributed by atoms with E-state index in [0.717, 1.165) is 12.1 Å². The average Bonchev–Trinajstić information content (AvgIpc) is 2.50. The summed E-state index contributed by atoms with van der Waals surface area (Å²) in [5, 5.41) is 0. The lowest BCUT2D eigenvalue weighted by atomic mass is 9.74. The van der Waals surface area contributed by atoms with Crippen molar-refractivity contribution in [3.05, 3.63) is 35.4 Å². The number of Topliss-reactive ketones (excluding diaryl/α,β-unsaturated/α-hetero) is 1. The molecule has 1 aromatic carbocycles. The van der Waals surface area contributed by atoms with Crippen LogP contribution in [0.3, 0.4) is 0 Å². The lowest BCUT2D eigenvalue weighted by Gasteiger charge is -2.41. The normalized spacial score (nSPS) is 23.0. The van der Waals surface area contributed by atoms with E-state index in [-0.39, 0.29) is 18.7 Å². The molecule has 1 unspecified atom stereocenters. The maximum atomic E-state index is 12.9. The molecule has 0 amide bonds. The number of carbonyl (C=O) groups excluding carboxylic acids is 1. The molecule has 2 rings (SSSR count). The fourth-order valence-electron chi connectivity index (χ4n) is 3.24. The molecule has 0 aromatic heterocycles. The van der Waals surface area contributed by atoms with Crippen molar-refractivity contribution >= 4 is 5.78 Å². The van der Waals surface area contributed by atoms with Crippen molar-refractivity contribution in [1.29, 1.82) is 0 Å². The average molecular weight is 349 g/mol. The number of ketones is 1. The summed E-state index contributed by atoms with van der Waals surface area (Å²) in [4.78, 5) is 14.0. The van der Waals surface area contributed by atoms with Gasteiger partial charge < -0.3 is 0 Å². The van der Waals surface area contributed by atoms with Crippen LogP contribution in [0.1, 0.15) is 37.3 Å². The van der Waals surface area contributed by atoms with Gasteiger partial charge in [0.1, 0.15) is 5.78 Å². The van der Waals surface area contributed by atoms with E-state index in [9.17, 15) is 26.7 Å². The molecule has 24 heavy (non-hydrogen) atoms. The van der Waals surface area contributed by atoms with Gasteiger partial charge in [-0.2, -0.15) is 13.2 Å². The molecule has 1 aliphatic heterocycles. The summed E-state index contributed by atoms with van der Waals surface area (Å²) in [7, 11) is 0. The maximum Gasteiger partial charge on any atom is 0.416 e. The predicted molar refractivity (Wildman–Crippen MR) is 79.7 cm³/mol. The van der Waals surface area contributed by atoms with Crippen LogP contribution < -0.4 is 0 Å². The third-order valence-corrected chi connectivity index (χ3v) is 4.68. The second-order valence-corrected chi connectivity index (χ2v) is 6.31.